The molecule has 204 valence electrons. The number of thiazole rings is 1. The third kappa shape index (κ3) is 7.07. The van der Waals surface area contributed by atoms with Crippen LogP contribution in [0.15, 0.2) is 29.9 Å². The lowest BCUT2D eigenvalue weighted by Crippen LogP contribution is -2.31. The summed E-state index contributed by atoms with van der Waals surface area (Å²) in [5.41, 5.74) is 4.94. The quantitative estimate of drug-likeness (QED) is 0.185. The number of anilines is 1. The van der Waals surface area contributed by atoms with Crippen LogP contribution in [0.4, 0.5) is 10.6 Å². The predicted octanol–water partition coefficient (Wildman–Crippen LogP) is 5.10. The highest BCUT2D eigenvalue weighted by molar-refractivity contribution is 7.16. The van der Waals surface area contributed by atoms with E-state index in [1.807, 2.05) is 37.0 Å². The van der Waals surface area contributed by atoms with Gasteiger partial charge in [0.1, 0.15) is 18.2 Å². The molecule has 38 heavy (non-hydrogen) atoms. The molecule has 10 nitrogen and oxygen atoms in total. The average Bonchev–Trinajstić information content (AvgIpc) is 3.46. The fourth-order valence-corrected chi connectivity index (χ4v) is 5.39. The predicted molar refractivity (Wildman–Crippen MR) is 157 cm³/mol. The number of carbonyl (C=O) groups is 1. The Morgan fingerprint density at radius 3 is 2.74 bits per heavy atom. The highest BCUT2D eigenvalue weighted by atomic mass is 32.1. The summed E-state index contributed by atoms with van der Waals surface area (Å²) in [6.45, 7) is 9.54. The van der Waals surface area contributed by atoms with E-state index >= 15 is 0 Å². The lowest BCUT2D eigenvalue weighted by Gasteiger charge is -2.15. The van der Waals surface area contributed by atoms with Crippen molar-refractivity contribution < 1.29 is 14.3 Å². The number of hydrogen-bond donors (Lipinski definition) is 2. The van der Waals surface area contributed by atoms with E-state index in [1.165, 1.54) is 11.3 Å². The van der Waals surface area contributed by atoms with Gasteiger partial charge in [-0.1, -0.05) is 19.6 Å². The molecule has 4 aromatic heterocycles. The van der Waals surface area contributed by atoms with Gasteiger partial charge in [0.2, 0.25) is 5.88 Å². The van der Waals surface area contributed by atoms with Gasteiger partial charge in [0.15, 0.2) is 5.65 Å². The first-order chi connectivity index (χ1) is 18.1. The molecule has 0 unspecified atom stereocenters. The Balaban J connectivity index is 1.63. The second-order valence-electron chi connectivity index (χ2n) is 10.7. The van der Waals surface area contributed by atoms with E-state index < -0.39 is 8.07 Å². The van der Waals surface area contributed by atoms with Crippen LogP contribution < -0.4 is 15.4 Å². The first-order valence-corrected chi connectivity index (χ1v) is 17.3. The SMILES string of the molecule is COc1nc2ncsc2cc1-c1cn(COCC[Si](C)(C)C)c2nc(NC(=O)NCCCN(C)C)ccc12. The summed E-state index contributed by atoms with van der Waals surface area (Å²) in [4.78, 5) is 28.3. The van der Waals surface area contributed by atoms with E-state index in [2.05, 4.69) is 51.2 Å². The number of methoxy groups -OCH3 is 1. The van der Waals surface area contributed by atoms with Crippen molar-refractivity contribution in [2.24, 2.45) is 0 Å². The highest BCUT2D eigenvalue weighted by Crippen LogP contribution is 2.38. The summed E-state index contributed by atoms with van der Waals surface area (Å²) >= 11 is 1.54. The fourth-order valence-electron chi connectivity index (χ4n) is 3.98. The number of ether oxygens (including phenoxy) is 2. The lowest BCUT2D eigenvalue weighted by molar-refractivity contribution is 0.0899. The summed E-state index contributed by atoms with van der Waals surface area (Å²) in [7, 11) is 4.42. The molecular formula is C26H37N7O3SSi. The molecule has 2 N–H and O–H groups in total. The molecule has 0 atom stereocenters. The van der Waals surface area contributed by atoms with Crippen LogP contribution >= 0.6 is 11.3 Å². The molecule has 4 rings (SSSR count). The molecule has 0 bridgehead atoms. The van der Waals surface area contributed by atoms with E-state index in [4.69, 9.17) is 14.5 Å². The van der Waals surface area contributed by atoms with Crippen LogP contribution in [0.3, 0.4) is 0 Å². The monoisotopic (exact) mass is 555 g/mol. The molecule has 0 saturated heterocycles. The van der Waals surface area contributed by atoms with Crippen molar-refractivity contribution in [3.63, 3.8) is 0 Å². The minimum atomic E-state index is -1.21. The number of pyridine rings is 2. The van der Waals surface area contributed by atoms with Gasteiger partial charge in [-0.25, -0.2) is 14.8 Å². The summed E-state index contributed by atoms with van der Waals surface area (Å²) < 4.78 is 14.7. The number of amides is 2. The van der Waals surface area contributed by atoms with Gasteiger partial charge in [-0.15, -0.1) is 11.3 Å². The van der Waals surface area contributed by atoms with E-state index in [0.717, 1.165) is 40.2 Å². The molecule has 0 aliphatic heterocycles. The van der Waals surface area contributed by atoms with Crippen LogP contribution in [-0.4, -0.2) is 79.4 Å². The van der Waals surface area contributed by atoms with Crippen molar-refractivity contribution in [1.29, 1.82) is 0 Å². The van der Waals surface area contributed by atoms with Gasteiger partial charge in [-0.3, -0.25) is 5.32 Å². The zero-order valence-corrected chi connectivity index (χ0v) is 24.8. The first kappa shape index (κ1) is 28.0. The van der Waals surface area contributed by atoms with Crippen LogP contribution in [-0.2, 0) is 11.5 Å². The third-order valence-corrected chi connectivity index (χ3v) is 8.50. The molecule has 0 aliphatic carbocycles. The Kier molecular flexibility index (Phi) is 8.97. The number of nitrogens with one attached hydrogen (secondary N) is 2. The van der Waals surface area contributed by atoms with Crippen molar-refractivity contribution in [3.8, 4) is 17.0 Å². The van der Waals surface area contributed by atoms with Crippen molar-refractivity contribution >= 4 is 52.6 Å². The maximum absolute atomic E-state index is 12.5. The first-order valence-electron chi connectivity index (χ1n) is 12.7. The Bertz CT molecular complexity index is 1400. The van der Waals surface area contributed by atoms with E-state index in [0.29, 0.717) is 42.9 Å². The number of aromatic nitrogens is 4. The molecule has 0 aliphatic rings. The summed E-state index contributed by atoms with van der Waals surface area (Å²) in [6, 6.07) is 6.63. The molecule has 0 saturated carbocycles. The van der Waals surface area contributed by atoms with Gasteiger partial charge in [-0.05, 0) is 51.3 Å². The zero-order chi connectivity index (χ0) is 27.3. The van der Waals surface area contributed by atoms with Crippen molar-refractivity contribution in [3.05, 3.63) is 29.9 Å². The molecular weight excluding hydrogens is 518 g/mol. The Labute approximate surface area is 228 Å². The Morgan fingerprint density at radius 2 is 2.00 bits per heavy atom. The molecule has 4 aromatic rings. The van der Waals surface area contributed by atoms with E-state index in [9.17, 15) is 4.79 Å². The molecule has 0 spiro atoms. The van der Waals surface area contributed by atoms with E-state index in [1.54, 1.807) is 12.6 Å². The van der Waals surface area contributed by atoms with Gasteiger partial charge in [0.05, 0.1) is 17.3 Å². The van der Waals surface area contributed by atoms with Crippen LogP contribution in [0.25, 0.3) is 32.5 Å². The molecule has 2 amide bonds. The highest BCUT2D eigenvalue weighted by Gasteiger charge is 2.19. The summed E-state index contributed by atoms with van der Waals surface area (Å²) in [5, 5.41) is 6.67. The normalized spacial score (nSPS) is 12.0. The smallest absolute Gasteiger partial charge is 0.320 e. The van der Waals surface area contributed by atoms with Crippen LogP contribution in [0.1, 0.15) is 6.42 Å². The van der Waals surface area contributed by atoms with Crippen molar-refractivity contribution in [1.82, 2.24) is 29.7 Å². The number of urea groups is 1. The van der Waals surface area contributed by atoms with Gasteiger partial charge >= 0.3 is 6.03 Å². The van der Waals surface area contributed by atoms with Crippen molar-refractivity contribution in [2.45, 2.75) is 38.8 Å². The lowest BCUT2D eigenvalue weighted by atomic mass is 10.1. The van der Waals surface area contributed by atoms with Gasteiger partial charge in [0.25, 0.3) is 0 Å². The summed E-state index contributed by atoms with van der Waals surface area (Å²) in [6.07, 6.45) is 2.89. The van der Waals surface area contributed by atoms with Gasteiger partial charge in [0, 0.05) is 43.9 Å². The minimum absolute atomic E-state index is 0.276. The second-order valence-corrected chi connectivity index (χ2v) is 17.2. The molecule has 0 aromatic carbocycles. The molecule has 4 heterocycles. The molecule has 0 fully saturated rings. The Morgan fingerprint density at radius 1 is 1.18 bits per heavy atom. The fraction of sp³-hybridized carbons (Fsp3) is 0.462. The zero-order valence-electron chi connectivity index (χ0n) is 23.0. The topological polar surface area (TPSA) is 106 Å². The standard InChI is InChI=1S/C26H37N7O3SSi/c1-32(2)11-7-10-27-26(34)30-22-9-8-18-20(19-14-21-23(28-16-37-21)31-25(19)35-3)15-33(24(18)29-22)17-36-12-13-38(4,5)6/h8-9,14-16H,7,10-13,17H2,1-6H3,(H2,27,29,30,34). The maximum atomic E-state index is 12.5. The maximum Gasteiger partial charge on any atom is 0.320 e. The number of rotatable bonds is 12. The van der Waals surface area contributed by atoms with E-state index in [-0.39, 0.29) is 6.03 Å². The molecule has 12 heteroatoms. The van der Waals surface area contributed by atoms with Gasteiger partial charge < -0.3 is 24.3 Å². The number of nitrogens with zero attached hydrogens (tertiary/aromatic N) is 5. The summed E-state index contributed by atoms with van der Waals surface area (Å²) in [5.74, 6) is 0.972. The number of hydrogen-bond acceptors (Lipinski definition) is 8. The second kappa shape index (κ2) is 12.2. The van der Waals surface area contributed by atoms with Crippen LogP contribution in [0.5, 0.6) is 5.88 Å². The number of fused-ring (bicyclic) bond motifs is 2. The van der Waals surface area contributed by atoms with Gasteiger partial charge in [-0.2, -0.15) is 4.98 Å². The number of carbonyl (C=O) groups excluding carboxylic acids is 1. The third-order valence-electron chi connectivity index (χ3n) is 6.03. The largest absolute Gasteiger partial charge is 0.480 e. The Hall–Kier alpha value is -3.06. The minimum Gasteiger partial charge on any atom is -0.480 e. The van der Waals surface area contributed by atoms with Crippen LogP contribution in [0, 0.1) is 0 Å². The average molecular weight is 556 g/mol. The van der Waals surface area contributed by atoms with Crippen LogP contribution in [0.2, 0.25) is 25.7 Å². The molecule has 0 radical (unpaired) electrons. The van der Waals surface area contributed by atoms with Crippen molar-refractivity contribution in [2.75, 3.05) is 46.2 Å².